The van der Waals surface area contributed by atoms with Crippen molar-refractivity contribution < 1.29 is 14.7 Å². The number of carbonyl (C=O) groups excluding carboxylic acids is 2. The Kier molecular flexibility index (Phi) is 2.99. The van der Waals surface area contributed by atoms with E-state index in [0.717, 1.165) is 0 Å². The van der Waals surface area contributed by atoms with Crippen molar-refractivity contribution in [2.75, 3.05) is 11.1 Å². The Bertz CT molecular complexity index is 742. The normalized spacial score (nSPS) is 20.0. The number of nitrogen functional groups attached to an aromatic ring is 1. The molecule has 0 saturated carbocycles. The van der Waals surface area contributed by atoms with E-state index in [2.05, 4.69) is 5.32 Å². The van der Waals surface area contributed by atoms with Crippen molar-refractivity contribution in [2.24, 2.45) is 0 Å². The lowest BCUT2D eigenvalue weighted by molar-refractivity contribution is -0.133. The molecule has 1 atom stereocenters. The molecule has 106 valence electrons. The first-order valence-electron chi connectivity index (χ1n) is 6.53. The van der Waals surface area contributed by atoms with Crippen molar-refractivity contribution in [2.45, 2.75) is 12.0 Å². The minimum Gasteiger partial charge on any atom is -0.399 e. The quantitative estimate of drug-likeness (QED) is 0.590. The van der Waals surface area contributed by atoms with Gasteiger partial charge >= 0.3 is 0 Å². The number of aliphatic hydroxyl groups is 1. The molecule has 1 aliphatic heterocycles. The molecule has 21 heavy (non-hydrogen) atoms. The highest BCUT2D eigenvalue weighted by Crippen LogP contribution is 2.38. The summed E-state index contributed by atoms with van der Waals surface area (Å²) in [7, 11) is 0. The highest BCUT2D eigenvalue weighted by atomic mass is 16.3. The summed E-state index contributed by atoms with van der Waals surface area (Å²) in [4.78, 5) is 24.4. The molecular formula is C16H14N2O3. The second-order valence-corrected chi connectivity index (χ2v) is 5.09. The van der Waals surface area contributed by atoms with Gasteiger partial charge in [-0.05, 0) is 18.2 Å². The molecule has 0 saturated heterocycles. The molecule has 2 aromatic rings. The van der Waals surface area contributed by atoms with Crippen LogP contribution in [-0.2, 0) is 10.4 Å². The number of ketones is 1. The molecule has 0 unspecified atom stereocenters. The van der Waals surface area contributed by atoms with Crippen LogP contribution in [-0.4, -0.2) is 16.8 Å². The van der Waals surface area contributed by atoms with E-state index >= 15 is 0 Å². The SMILES string of the molecule is Nc1cccc(C(=O)C[C@@]2(O)C(=O)Nc3ccccc32)c1. The Morgan fingerprint density at radius 3 is 2.71 bits per heavy atom. The van der Waals surface area contributed by atoms with Gasteiger partial charge in [-0.1, -0.05) is 30.3 Å². The van der Waals surface area contributed by atoms with Crippen molar-refractivity contribution in [1.82, 2.24) is 0 Å². The maximum atomic E-state index is 12.3. The fraction of sp³-hybridized carbons (Fsp3) is 0.125. The zero-order chi connectivity index (χ0) is 15.0. The van der Waals surface area contributed by atoms with E-state index in [1.54, 1.807) is 42.5 Å². The molecule has 0 radical (unpaired) electrons. The van der Waals surface area contributed by atoms with E-state index in [1.807, 2.05) is 0 Å². The van der Waals surface area contributed by atoms with E-state index in [9.17, 15) is 14.7 Å². The lowest BCUT2D eigenvalue weighted by Gasteiger charge is -2.20. The highest BCUT2D eigenvalue weighted by molar-refractivity contribution is 6.09. The van der Waals surface area contributed by atoms with Gasteiger partial charge in [0.25, 0.3) is 5.91 Å². The number of para-hydroxylation sites is 1. The van der Waals surface area contributed by atoms with Gasteiger partial charge in [0.2, 0.25) is 0 Å². The van der Waals surface area contributed by atoms with E-state index in [0.29, 0.717) is 22.5 Å². The zero-order valence-corrected chi connectivity index (χ0v) is 11.2. The van der Waals surface area contributed by atoms with E-state index < -0.39 is 11.5 Å². The van der Waals surface area contributed by atoms with Crippen LogP contribution in [0.5, 0.6) is 0 Å². The van der Waals surface area contributed by atoms with Crippen LogP contribution in [0.4, 0.5) is 11.4 Å². The molecule has 0 bridgehead atoms. The minimum atomic E-state index is -1.84. The summed E-state index contributed by atoms with van der Waals surface area (Å²) in [5.74, 6) is -0.919. The number of hydrogen-bond acceptors (Lipinski definition) is 4. The molecule has 1 heterocycles. The number of carbonyl (C=O) groups is 2. The number of hydrogen-bond donors (Lipinski definition) is 3. The largest absolute Gasteiger partial charge is 0.399 e. The number of anilines is 2. The van der Waals surface area contributed by atoms with Gasteiger partial charge in [-0.3, -0.25) is 9.59 Å². The van der Waals surface area contributed by atoms with Gasteiger partial charge in [-0.2, -0.15) is 0 Å². The summed E-state index contributed by atoms with van der Waals surface area (Å²) in [6, 6.07) is 13.3. The molecule has 4 N–H and O–H groups in total. The Labute approximate surface area is 121 Å². The van der Waals surface area contributed by atoms with Gasteiger partial charge < -0.3 is 16.2 Å². The van der Waals surface area contributed by atoms with Crippen molar-refractivity contribution in [3.05, 3.63) is 59.7 Å². The van der Waals surface area contributed by atoms with Gasteiger partial charge in [0, 0.05) is 22.5 Å². The topological polar surface area (TPSA) is 92.4 Å². The van der Waals surface area contributed by atoms with Crippen LogP contribution in [0.15, 0.2) is 48.5 Å². The molecule has 5 heteroatoms. The predicted molar refractivity (Wildman–Crippen MR) is 78.8 cm³/mol. The van der Waals surface area contributed by atoms with Crippen molar-refractivity contribution in [3.8, 4) is 0 Å². The number of nitrogens with two attached hydrogens (primary N) is 1. The molecule has 0 spiro atoms. The van der Waals surface area contributed by atoms with Crippen molar-refractivity contribution in [3.63, 3.8) is 0 Å². The van der Waals surface area contributed by atoms with E-state index in [4.69, 9.17) is 5.73 Å². The smallest absolute Gasteiger partial charge is 0.261 e. The molecule has 0 aromatic heterocycles. The monoisotopic (exact) mass is 282 g/mol. The standard InChI is InChI=1S/C16H14N2O3/c17-11-5-3-4-10(8-11)14(19)9-16(21)12-6-1-2-7-13(12)18-15(16)20/h1-8,21H,9,17H2,(H,18,20)/t16-/m0/s1. The fourth-order valence-electron chi connectivity index (χ4n) is 2.52. The number of fused-ring (bicyclic) bond motifs is 1. The summed E-state index contributed by atoms with van der Waals surface area (Å²) in [6.07, 6.45) is -0.320. The third kappa shape index (κ3) is 2.17. The summed E-state index contributed by atoms with van der Waals surface area (Å²) < 4.78 is 0. The van der Waals surface area contributed by atoms with E-state index in [-0.39, 0.29) is 12.2 Å². The molecule has 3 rings (SSSR count). The fourth-order valence-corrected chi connectivity index (χ4v) is 2.52. The lowest BCUT2D eigenvalue weighted by Crippen LogP contribution is -2.36. The number of Topliss-reactive ketones (excluding diaryl/α,β-unsaturated/α-hetero) is 1. The molecule has 2 aromatic carbocycles. The van der Waals surface area contributed by atoms with E-state index in [1.165, 1.54) is 6.07 Å². The van der Waals surface area contributed by atoms with Crippen LogP contribution < -0.4 is 11.1 Å². The van der Waals surface area contributed by atoms with Crippen LogP contribution in [0.25, 0.3) is 0 Å². The summed E-state index contributed by atoms with van der Waals surface area (Å²) in [6.45, 7) is 0. The van der Waals surface area contributed by atoms with Crippen molar-refractivity contribution >= 4 is 23.1 Å². The first-order chi connectivity index (χ1) is 10.0. The molecular weight excluding hydrogens is 268 g/mol. The molecule has 0 aliphatic carbocycles. The Hall–Kier alpha value is -2.66. The summed E-state index contributed by atoms with van der Waals surface area (Å²) >= 11 is 0. The first-order valence-corrected chi connectivity index (χ1v) is 6.53. The third-order valence-corrected chi connectivity index (χ3v) is 3.62. The Morgan fingerprint density at radius 2 is 1.95 bits per heavy atom. The summed E-state index contributed by atoms with van der Waals surface area (Å²) in [5.41, 5.74) is 5.61. The maximum Gasteiger partial charge on any atom is 0.261 e. The van der Waals surface area contributed by atoms with Crippen LogP contribution in [0, 0.1) is 0 Å². The molecule has 0 fully saturated rings. The van der Waals surface area contributed by atoms with Crippen LogP contribution >= 0.6 is 0 Å². The van der Waals surface area contributed by atoms with Crippen LogP contribution in [0.2, 0.25) is 0 Å². The lowest BCUT2D eigenvalue weighted by atomic mass is 9.88. The summed E-state index contributed by atoms with van der Waals surface area (Å²) in [5, 5.41) is 13.2. The predicted octanol–water partition coefficient (Wildman–Crippen LogP) is 1.68. The van der Waals surface area contributed by atoms with Gasteiger partial charge in [0.05, 0.1) is 6.42 Å². The number of amides is 1. The maximum absolute atomic E-state index is 12.3. The average Bonchev–Trinajstić information content (AvgIpc) is 2.71. The second-order valence-electron chi connectivity index (χ2n) is 5.09. The third-order valence-electron chi connectivity index (χ3n) is 3.62. The molecule has 1 amide bonds. The van der Waals surface area contributed by atoms with Gasteiger partial charge in [-0.15, -0.1) is 0 Å². The highest BCUT2D eigenvalue weighted by Gasteiger charge is 2.46. The zero-order valence-electron chi connectivity index (χ0n) is 11.2. The molecule has 1 aliphatic rings. The molecule has 5 nitrogen and oxygen atoms in total. The van der Waals surface area contributed by atoms with Crippen molar-refractivity contribution in [1.29, 1.82) is 0 Å². The van der Waals surface area contributed by atoms with Gasteiger partial charge in [0.15, 0.2) is 11.4 Å². The van der Waals surface area contributed by atoms with Crippen LogP contribution in [0.3, 0.4) is 0 Å². The minimum absolute atomic E-state index is 0.320. The Balaban J connectivity index is 1.94. The van der Waals surface area contributed by atoms with Gasteiger partial charge in [0.1, 0.15) is 0 Å². The van der Waals surface area contributed by atoms with Crippen LogP contribution in [0.1, 0.15) is 22.3 Å². The second kappa shape index (κ2) is 4.71. The first kappa shape index (κ1) is 13.3. The average molecular weight is 282 g/mol. The number of benzene rings is 2. The number of rotatable bonds is 3. The number of nitrogens with one attached hydrogen (secondary N) is 1. The van der Waals surface area contributed by atoms with Gasteiger partial charge in [-0.25, -0.2) is 0 Å². The Morgan fingerprint density at radius 1 is 1.19 bits per heavy atom.